The van der Waals surface area contributed by atoms with Crippen molar-refractivity contribution in [2.24, 2.45) is 0 Å². The summed E-state index contributed by atoms with van der Waals surface area (Å²) in [6.45, 7) is 1.51. The first-order valence-electron chi connectivity index (χ1n) is 4.53. The minimum absolute atomic E-state index is 0.0623. The second-order valence-corrected chi connectivity index (χ2v) is 4.51. The molecule has 0 bridgehead atoms. The molecule has 0 saturated heterocycles. The molecule has 0 fully saturated rings. The Morgan fingerprint density at radius 2 is 2.44 bits per heavy atom. The van der Waals surface area contributed by atoms with Crippen LogP contribution >= 0.6 is 23.4 Å². The van der Waals surface area contributed by atoms with Crippen LogP contribution in [0.5, 0.6) is 0 Å². The maximum atomic E-state index is 12.8. The van der Waals surface area contributed by atoms with E-state index in [9.17, 15) is 9.18 Å². The standard InChI is InChI=1S/C11H9ClFNOS/c1-8(15)16-5-3-2-4-9-6-10(13)7-14-11(9)12/h6-7H,3,5H2,1H3. The van der Waals surface area contributed by atoms with Crippen molar-refractivity contribution in [3.05, 3.63) is 28.8 Å². The quantitative estimate of drug-likeness (QED) is 0.464. The lowest BCUT2D eigenvalue weighted by Gasteiger charge is -1.94. The topological polar surface area (TPSA) is 30.0 Å². The van der Waals surface area contributed by atoms with Crippen LogP contribution in [0.4, 0.5) is 4.39 Å². The lowest BCUT2D eigenvalue weighted by atomic mass is 10.3. The summed E-state index contributed by atoms with van der Waals surface area (Å²) in [5, 5.41) is 0.250. The molecule has 0 radical (unpaired) electrons. The molecule has 0 aliphatic heterocycles. The zero-order valence-corrected chi connectivity index (χ0v) is 10.2. The summed E-state index contributed by atoms with van der Waals surface area (Å²) in [6, 6.07) is 1.24. The first kappa shape index (κ1) is 13.0. The second kappa shape index (κ2) is 6.51. The van der Waals surface area contributed by atoms with Gasteiger partial charge in [0.25, 0.3) is 0 Å². The molecular weight excluding hydrogens is 249 g/mol. The Kier molecular flexibility index (Phi) is 5.30. The third-order valence-corrected chi connectivity index (χ3v) is 2.68. The van der Waals surface area contributed by atoms with E-state index >= 15 is 0 Å². The summed E-state index contributed by atoms with van der Waals surface area (Å²) in [7, 11) is 0. The van der Waals surface area contributed by atoms with Gasteiger partial charge in [-0.25, -0.2) is 9.37 Å². The Morgan fingerprint density at radius 1 is 1.69 bits per heavy atom. The zero-order chi connectivity index (χ0) is 12.0. The molecule has 1 rings (SSSR count). The van der Waals surface area contributed by atoms with Gasteiger partial charge in [-0.05, 0) is 6.07 Å². The number of hydrogen-bond acceptors (Lipinski definition) is 3. The monoisotopic (exact) mass is 257 g/mol. The number of rotatable bonds is 2. The summed E-state index contributed by atoms with van der Waals surface area (Å²) in [4.78, 5) is 14.2. The highest BCUT2D eigenvalue weighted by Gasteiger charge is 1.99. The van der Waals surface area contributed by atoms with E-state index in [0.29, 0.717) is 17.7 Å². The van der Waals surface area contributed by atoms with Crippen LogP contribution in [-0.4, -0.2) is 15.9 Å². The Morgan fingerprint density at radius 3 is 3.12 bits per heavy atom. The molecule has 1 aromatic heterocycles. The number of thioether (sulfide) groups is 1. The average Bonchev–Trinajstić information content (AvgIpc) is 2.22. The molecule has 0 N–H and O–H groups in total. The molecule has 0 aliphatic carbocycles. The minimum atomic E-state index is -0.466. The Hall–Kier alpha value is -1.05. The van der Waals surface area contributed by atoms with Gasteiger partial charge in [0.1, 0.15) is 11.0 Å². The number of carbonyl (C=O) groups is 1. The number of halogens is 2. The van der Waals surface area contributed by atoms with Gasteiger partial charge in [0.05, 0.1) is 11.8 Å². The van der Waals surface area contributed by atoms with E-state index in [1.54, 1.807) is 0 Å². The van der Waals surface area contributed by atoms with Crippen LogP contribution < -0.4 is 0 Å². The van der Waals surface area contributed by atoms with Crippen molar-refractivity contribution in [3.63, 3.8) is 0 Å². The fourth-order valence-corrected chi connectivity index (χ4v) is 1.56. The lowest BCUT2D eigenvalue weighted by molar-refractivity contribution is -0.109. The van der Waals surface area contributed by atoms with Crippen LogP contribution in [0.15, 0.2) is 12.3 Å². The highest BCUT2D eigenvalue weighted by molar-refractivity contribution is 8.13. The Balaban J connectivity index is 2.56. The van der Waals surface area contributed by atoms with Crippen molar-refractivity contribution in [1.82, 2.24) is 4.98 Å². The molecule has 0 atom stereocenters. The van der Waals surface area contributed by atoms with E-state index < -0.39 is 5.82 Å². The molecule has 16 heavy (non-hydrogen) atoms. The number of nitrogens with zero attached hydrogens (tertiary/aromatic N) is 1. The van der Waals surface area contributed by atoms with Gasteiger partial charge in [0.2, 0.25) is 0 Å². The number of pyridine rings is 1. The molecule has 0 amide bonds. The first-order chi connectivity index (χ1) is 7.59. The lowest BCUT2D eigenvalue weighted by Crippen LogP contribution is -1.86. The largest absolute Gasteiger partial charge is 0.288 e. The summed E-state index contributed by atoms with van der Waals surface area (Å²) in [6.07, 6.45) is 1.59. The molecule has 0 aromatic carbocycles. The SMILES string of the molecule is CC(=O)SCCC#Cc1cc(F)cnc1Cl. The van der Waals surface area contributed by atoms with Gasteiger partial charge in [0, 0.05) is 19.1 Å². The van der Waals surface area contributed by atoms with Crippen LogP contribution in [0.3, 0.4) is 0 Å². The molecule has 1 aromatic rings. The Bertz CT molecular complexity index is 453. The van der Waals surface area contributed by atoms with E-state index in [1.807, 2.05) is 0 Å². The zero-order valence-electron chi connectivity index (χ0n) is 8.59. The third-order valence-electron chi connectivity index (χ3n) is 1.56. The maximum absolute atomic E-state index is 12.8. The molecule has 0 unspecified atom stereocenters. The normalized spacial score (nSPS) is 9.44. The van der Waals surface area contributed by atoms with Crippen molar-refractivity contribution >= 4 is 28.5 Å². The van der Waals surface area contributed by atoms with Crippen LogP contribution in [-0.2, 0) is 4.79 Å². The van der Waals surface area contributed by atoms with E-state index in [2.05, 4.69) is 16.8 Å². The number of carbonyl (C=O) groups excluding carboxylic acids is 1. The number of aromatic nitrogens is 1. The highest BCUT2D eigenvalue weighted by atomic mass is 35.5. The molecule has 0 aliphatic rings. The summed E-state index contributed by atoms with van der Waals surface area (Å²) in [5.41, 5.74) is 0.370. The predicted molar refractivity (Wildman–Crippen MR) is 63.8 cm³/mol. The van der Waals surface area contributed by atoms with Crippen LogP contribution in [0, 0.1) is 17.7 Å². The van der Waals surface area contributed by atoms with Crippen molar-refractivity contribution in [1.29, 1.82) is 0 Å². The van der Waals surface area contributed by atoms with Gasteiger partial charge < -0.3 is 0 Å². The maximum Gasteiger partial charge on any atom is 0.185 e. The third kappa shape index (κ3) is 4.65. The van der Waals surface area contributed by atoms with E-state index in [-0.39, 0.29) is 10.3 Å². The highest BCUT2D eigenvalue weighted by Crippen LogP contribution is 2.12. The summed E-state index contributed by atoms with van der Waals surface area (Å²) >= 11 is 6.93. The molecule has 1 heterocycles. The molecule has 2 nitrogen and oxygen atoms in total. The van der Waals surface area contributed by atoms with Crippen molar-refractivity contribution in [2.45, 2.75) is 13.3 Å². The molecule has 5 heteroatoms. The second-order valence-electron chi connectivity index (χ2n) is 2.88. The molecule has 0 spiro atoms. The summed E-state index contributed by atoms with van der Waals surface area (Å²) in [5.74, 6) is 5.69. The van der Waals surface area contributed by atoms with Gasteiger partial charge >= 0.3 is 0 Å². The predicted octanol–water partition coefficient (Wildman–Crippen LogP) is 2.90. The first-order valence-corrected chi connectivity index (χ1v) is 5.89. The van der Waals surface area contributed by atoms with Gasteiger partial charge in [-0.15, -0.1) is 0 Å². The van der Waals surface area contributed by atoms with E-state index in [0.717, 1.165) is 6.20 Å². The van der Waals surface area contributed by atoms with Gasteiger partial charge in [-0.3, -0.25) is 4.79 Å². The van der Waals surface area contributed by atoms with Crippen LogP contribution in [0.2, 0.25) is 5.15 Å². The van der Waals surface area contributed by atoms with Crippen molar-refractivity contribution < 1.29 is 9.18 Å². The van der Waals surface area contributed by atoms with Crippen LogP contribution in [0.25, 0.3) is 0 Å². The van der Waals surface area contributed by atoms with Crippen molar-refractivity contribution in [3.8, 4) is 11.8 Å². The molecular formula is C11H9ClFNOS. The fourth-order valence-electron chi connectivity index (χ4n) is 0.914. The van der Waals surface area contributed by atoms with Gasteiger partial charge in [0.15, 0.2) is 5.12 Å². The number of hydrogen-bond donors (Lipinski definition) is 0. The fraction of sp³-hybridized carbons (Fsp3) is 0.273. The van der Waals surface area contributed by atoms with Gasteiger partial charge in [-0.2, -0.15) is 0 Å². The molecule has 84 valence electrons. The van der Waals surface area contributed by atoms with Crippen LogP contribution in [0.1, 0.15) is 18.9 Å². The van der Waals surface area contributed by atoms with E-state index in [4.69, 9.17) is 11.6 Å². The molecule has 0 saturated carbocycles. The van der Waals surface area contributed by atoms with Gasteiger partial charge in [-0.1, -0.05) is 35.2 Å². The Labute approximate surface area is 103 Å². The summed E-state index contributed by atoms with van der Waals surface area (Å²) < 4.78 is 12.8. The minimum Gasteiger partial charge on any atom is -0.288 e. The average molecular weight is 258 g/mol. The smallest absolute Gasteiger partial charge is 0.185 e. The van der Waals surface area contributed by atoms with E-state index in [1.165, 1.54) is 24.8 Å². The van der Waals surface area contributed by atoms with Crippen molar-refractivity contribution in [2.75, 3.05) is 5.75 Å².